The number of benzene rings is 2. The molecule has 2 aromatic carbocycles. The first-order chi connectivity index (χ1) is 17.6. The fourth-order valence-electron chi connectivity index (χ4n) is 4.04. The lowest BCUT2D eigenvalue weighted by Crippen LogP contribution is -2.07. The Hall–Kier alpha value is -3.40. The summed E-state index contributed by atoms with van der Waals surface area (Å²) in [6.45, 7) is 8.87. The number of esters is 1. The summed E-state index contributed by atoms with van der Waals surface area (Å²) in [5.41, 5.74) is 3.56. The number of thiazole rings is 1. The standard InChI is InChI=1S/C27H28F3N3O3S/c1-5-35-24(34)7-6-12-36-21-13-16(2)25-22(14-21)33(18(4)32-25)15-23-17(3)31-26(37-23)19-8-10-20(11-9-19)27(28,29)30/h8-11,13-14H,5-7,12,15H2,1-4H3. The van der Waals surface area contributed by atoms with Gasteiger partial charge in [0.15, 0.2) is 0 Å². The molecule has 10 heteroatoms. The van der Waals surface area contributed by atoms with Crippen molar-refractivity contribution >= 4 is 28.3 Å². The molecule has 0 aliphatic heterocycles. The van der Waals surface area contributed by atoms with E-state index in [1.807, 2.05) is 32.9 Å². The van der Waals surface area contributed by atoms with Crippen molar-refractivity contribution in [2.45, 2.75) is 53.3 Å². The second-order valence-corrected chi connectivity index (χ2v) is 9.80. The van der Waals surface area contributed by atoms with Crippen LogP contribution in [0.5, 0.6) is 5.75 Å². The van der Waals surface area contributed by atoms with Gasteiger partial charge in [-0.15, -0.1) is 11.3 Å². The average Bonchev–Trinajstić information content (AvgIpc) is 3.36. The highest BCUT2D eigenvalue weighted by molar-refractivity contribution is 7.15. The maximum atomic E-state index is 12.9. The van der Waals surface area contributed by atoms with E-state index in [1.165, 1.54) is 23.5 Å². The lowest BCUT2D eigenvalue weighted by atomic mass is 10.1. The van der Waals surface area contributed by atoms with E-state index in [0.29, 0.717) is 48.9 Å². The van der Waals surface area contributed by atoms with Crippen LogP contribution >= 0.6 is 11.3 Å². The van der Waals surface area contributed by atoms with Crippen molar-refractivity contribution < 1.29 is 27.4 Å². The van der Waals surface area contributed by atoms with Gasteiger partial charge in [-0.2, -0.15) is 13.2 Å². The molecule has 4 rings (SSSR count). The second-order valence-electron chi connectivity index (χ2n) is 8.71. The fourth-order valence-corrected chi connectivity index (χ4v) is 5.10. The molecule has 0 bridgehead atoms. The number of ether oxygens (including phenoxy) is 2. The van der Waals surface area contributed by atoms with Gasteiger partial charge in [-0.3, -0.25) is 4.79 Å². The Balaban J connectivity index is 1.54. The van der Waals surface area contributed by atoms with Crippen LogP contribution < -0.4 is 4.74 Å². The Kier molecular flexibility index (Phi) is 7.87. The lowest BCUT2D eigenvalue weighted by Gasteiger charge is -2.10. The van der Waals surface area contributed by atoms with Gasteiger partial charge in [0.1, 0.15) is 16.6 Å². The summed E-state index contributed by atoms with van der Waals surface area (Å²) in [4.78, 5) is 21.9. The third-order valence-electron chi connectivity index (χ3n) is 5.96. The molecule has 0 spiro atoms. The molecule has 0 saturated heterocycles. The summed E-state index contributed by atoms with van der Waals surface area (Å²) in [5.74, 6) is 1.30. The fraction of sp³-hybridized carbons (Fsp3) is 0.370. The van der Waals surface area contributed by atoms with Gasteiger partial charge in [-0.05, 0) is 57.9 Å². The van der Waals surface area contributed by atoms with Gasteiger partial charge < -0.3 is 14.0 Å². The number of rotatable bonds is 9. The number of fused-ring (bicyclic) bond motifs is 1. The third kappa shape index (κ3) is 6.12. The van der Waals surface area contributed by atoms with Crippen LogP contribution in [0.15, 0.2) is 36.4 Å². The number of aromatic nitrogens is 3. The molecular weight excluding hydrogens is 503 g/mol. The summed E-state index contributed by atoms with van der Waals surface area (Å²) in [7, 11) is 0. The van der Waals surface area contributed by atoms with E-state index in [4.69, 9.17) is 14.5 Å². The Morgan fingerprint density at radius 3 is 2.49 bits per heavy atom. The predicted molar refractivity (Wildman–Crippen MR) is 137 cm³/mol. The number of alkyl halides is 3. The van der Waals surface area contributed by atoms with Crippen molar-refractivity contribution in [2.24, 2.45) is 0 Å². The van der Waals surface area contributed by atoms with E-state index in [0.717, 1.165) is 45.1 Å². The predicted octanol–water partition coefficient (Wildman–Crippen LogP) is 6.87. The third-order valence-corrected chi connectivity index (χ3v) is 7.15. The van der Waals surface area contributed by atoms with Gasteiger partial charge >= 0.3 is 12.1 Å². The topological polar surface area (TPSA) is 66.2 Å². The van der Waals surface area contributed by atoms with E-state index in [2.05, 4.69) is 9.55 Å². The minimum Gasteiger partial charge on any atom is -0.493 e. The van der Waals surface area contributed by atoms with Crippen LogP contribution in [0, 0.1) is 20.8 Å². The first-order valence-corrected chi connectivity index (χ1v) is 12.8. The normalized spacial score (nSPS) is 11.8. The van der Waals surface area contributed by atoms with Crippen LogP contribution in [0.3, 0.4) is 0 Å². The molecule has 0 aliphatic carbocycles. The van der Waals surface area contributed by atoms with Gasteiger partial charge in [0.25, 0.3) is 0 Å². The number of carbonyl (C=O) groups excluding carboxylic acids is 1. The van der Waals surface area contributed by atoms with Gasteiger partial charge in [0, 0.05) is 22.9 Å². The highest BCUT2D eigenvalue weighted by Gasteiger charge is 2.30. The number of hydrogen-bond acceptors (Lipinski definition) is 6. The zero-order valence-electron chi connectivity index (χ0n) is 21.1. The molecule has 0 amide bonds. The maximum absolute atomic E-state index is 12.9. The van der Waals surface area contributed by atoms with Crippen LogP contribution in [0.2, 0.25) is 0 Å². The van der Waals surface area contributed by atoms with E-state index in [9.17, 15) is 18.0 Å². The first-order valence-electron chi connectivity index (χ1n) is 12.0. The Bertz CT molecular complexity index is 1410. The number of aryl methyl sites for hydroxylation is 3. The second kappa shape index (κ2) is 10.9. The van der Waals surface area contributed by atoms with Crippen molar-refractivity contribution in [3.05, 3.63) is 63.9 Å². The highest BCUT2D eigenvalue weighted by atomic mass is 32.1. The number of halogens is 3. The number of carbonyl (C=O) groups is 1. The molecule has 6 nitrogen and oxygen atoms in total. The van der Waals surface area contributed by atoms with E-state index in [1.54, 1.807) is 6.92 Å². The summed E-state index contributed by atoms with van der Waals surface area (Å²) in [6.07, 6.45) is -3.51. The highest BCUT2D eigenvalue weighted by Crippen LogP contribution is 2.34. The molecule has 37 heavy (non-hydrogen) atoms. The van der Waals surface area contributed by atoms with Crippen molar-refractivity contribution in [2.75, 3.05) is 13.2 Å². The SMILES string of the molecule is CCOC(=O)CCCOc1cc(C)c2nc(C)n(Cc3sc(-c4ccc(C(F)(F)F)cc4)nc3C)c2c1. The molecule has 0 unspecified atom stereocenters. The maximum Gasteiger partial charge on any atom is 0.416 e. The van der Waals surface area contributed by atoms with Crippen LogP contribution in [-0.4, -0.2) is 33.7 Å². The quantitative estimate of drug-likeness (QED) is 0.174. The average molecular weight is 532 g/mol. The molecule has 0 atom stereocenters. The first kappa shape index (κ1) is 26.7. The summed E-state index contributed by atoms with van der Waals surface area (Å²) in [6, 6.07) is 8.95. The molecule has 0 radical (unpaired) electrons. The van der Waals surface area contributed by atoms with Crippen molar-refractivity contribution in [3.63, 3.8) is 0 Å². The van der Waals surface area contributed by atoms with E-state index < -0.39 is 11.7 Å². The van der Waals surface area contributed by atoms with E-state index >= 15 is 0 Å². The minimum atomic E-state index is -4.37. The Labute approximate surface area is 217 Å². The van der Waals surface area contributed by atoms with Gasteiger partial charge in [-0.25, -0.2) is 9.97 Å². The molecular formula is C27H28F3N3O3S. The van der Waals surface area contributed by atoms with Crippen LogP contribution in [-0.2, 0) is 22.3 Å². The molecule has 4 aromatic rings. The van der Waals surface area contributed by atoms with Crippen LogP contribution in [0.1, 0.15) is 47.3 Å². The van der Waals surface area contributed by atoms with Gasteiger partial charge in [0.2, 0.25) is 0 Å². The molecule has 0 N–H and O–H groups in total. The monoisotopic (exact) mass is 531 g/mol. The molecule has 0 saturated carbocycles. The van der Waals surface area contributed by atoms with E-state index in [-0.39, 0.29) is 5.97 Å². The smallest absolute Gasteiger partial charge is 0.416 e. The molecule has 0 fully saturated rings. The van der Waals surface area contributed by atoms with Crippen molar-refractivity contribution in [1.82, 2.24) is 14.5 Å². The summed E-state index contributed by atoms with van der Waals surface area (Å²) < 4.78 is 51.7. The molecule has 196 valence electrons. The Morgan fingerprint density at radius 2 is 1.81 bits per heavy atom. The lowest BCUT2D eigenvalue weighted by molar-refractivity contribution is -0.143. The summed E-state index contributed by atoms with van der Waals surface area (Å²) in [5, 5.41) is 0.671. The minimum absolute atomic E-state index is 0.234. The largest absolute Gasteiger partial charge is 0.493 e. The van der Waals surface area contributed by atoms with Crippen molar-refractivity contribution in [1.29, 1.82) is 0 Å². The van der Waals surface area contributed by atoms with Crippen molar-refractivity contribution in [3.8, 4) is 16.3 Å². The van der Waals surface area contributed by atoms with Crippen LogP contribution in [0.25, 0.3) is 21.6 Å². The zero-order valence-corrected chi connectivity index (χ0v) is 21.9. The molecule has 0 aliphatic rings. The van der Waals surface area contributed by atoms with Gasteiger partial charge in [0.05, 0.1) is 42.0 Å². The Morgan fingerprint density at radius 1 is 1.08 bits per heavy atom. The molecule has 2 heterocycles. The zero-order chi connectivity index (χ0) is 26.7. The number of nitrogens with zero attached hydrogens (tertiary/aromatic N) is 3. The van der Waals surface area contributed by atoms with Gasteiger partial charge in [-0.1, -0.05) is 12.1 Å². The van der Waals surface area contributed by atoms with Crippen LogP contribution in [0.4, 0.5) is 13.2 Å². The number of hydrogen-bond donors (Lipinski definition) is 0. The number of imidazole rings is 1. The summed E-state index contributed by atoms with van der Waals surface area (Å²) >= 11 is 1.46. The molecule has 2 aromatic heterocycles.